The first kappa shape index (κ1) is 11.9. The summed E-state index contributed by atoms with van der Waals surface area (Å²) in [5, 5.41) is 2.53. The van der Waals surface area contributed by atoms with Crippen molar-refractivity contribution in [2.45, 2.75) is 6.10 Å². The monoisotopic (exact) mass is 299 g/mol. The first-order chi connectivity index (χ1) is 8.19. The van der Waals surface area contributed by atoms with Gasteiger partial charge in [0.2, 0.25) is 0 Å². The third kappa shape index (κ3) is 2.97. The molecular weight excluding hydrogens is 290 g/mol. The molecule has 1 atom stereocenters. The van der Waals surface area contributed by atoms with E-state index in [-0.39, 0.29) is 12.7 Å². The van der Waals surface area contributed by atoms with Crippen molar-refractivity contribution in [1.82, 2.24) is 5.32 Å². The highest BCUT2D eigenvalue weighted by Gasteiger charge is 2.23. The number of halogens is 1. The van der Waals surface area contributed by atoms with Crippen LogP contribution >= 0.6 is 15.9 Å². The van der Waals surface area contributed by atoms with Crippen LogP contribution in [0.25, 0.3) is 0 Å². The zero-order chi connectivity index (χ0) is 12.3. The highest BCUT2D eigenvalue weighted by atomic mass is 79.9. The molecule has 0 aromatic heterocycles. The van der Waals surface area contributed by atoms with Gasteiger partial charge in [0.15, 0.2) is 12.4 Å². The van der Waals surface area contributed by atoms with E-state index in [1.165, 1.54) is 0 Å². The van der Waals surface area contributed by atoms with Crippen LogP contribution in [0.15, 0.2) is 22.7 Å². The minimum absolute atomic E-state index is 0.223. The lowest BCUT2D eigenvalue weighted by molar-refractivity contribution is 0.102. The average Bonchev–Trinajstić information content (AvgIpc) is 2.73. The number of nitrogens with one attached hydrogen (secondary N) is 1. The van der Waals surface area contributed by atoms with Gasteiger partial charge in [0.05, 0.1) is 12.1 Å². The van der Waals surface area contributed by atoms with Crippen LogP contribution < -0.4 is 10.1 Å². The Labute approximate surface area is 106 Å². The molecule has 0 aliphatic carbocycles. The van der Waals surface area contributed by atoms with Gasteiger partial charge in [-0.3, -0.25) is 4.79 Å². The Morgan fingerprint density at radius 2 is 2.41 bits per heavy atom. The molecule has 1 aromatic rings. The molecule has 1 saturated heterocycles. The van der Waals surface area contributed by atoms with Gasteiger partial charge in [-0.25, -0.2) is 4.79 Å². The number of hydrogen-bond donors (Lipinski definition) is 1. The molecular formula is C11H10BrNO4. The van der Waals surface area contributed by atoms with Gasteiger partial charge in [-0.1, -0.05) is 15.9 Å². The minimum atomic E-state index is -0.440. The molecule has 1 aliphatic heterocycles. The molecule has 0 bridgehead atoms. The minimum Gasteiger partial charge on any atom is -0.489 e. The Bertz CT molecular complexity index is 449. The number of aldehydes is 1. The number of carbonyl (C=O) groups is 2. The van der Waals surface area contributed by atoms with Crippen molar-refractivity contribution in [3.63, 3.8) is 0 Å². The number of cyclic esters (lactones) is 1. The number of alkyl carbamates (subject to hydrolysis) is 1. The lowest BCUT2D eigenvalue weighted by Gasteiger charge is -2.11. The van der Waals surface area contributed by atoms with Crippen LogP contribution in [0.5, 0.6) is 5.75 Å². The Morgan fingerprint density at radius 3 is 3.06 bits per heavy atom. The van der Waals surface area contributed by atoms with E-state index in [0.29, 0.717) is 17.9 Å². The van der Waals surface area contributed by atoms with Crippen LogP contribution in [-0.4, -0.2) is 31.6 Å². The Hall–Kier alpha value is -1.56. The quantitative estimate of drug-likeness (QED) is 0.860. The van der Waals surface area contributed by atoms with E-state index in [9.17, 15) is 9.59 Å². The van der Waals surface area contributed by atoms with E-state index < -0.39 is 6.09 Å². The summed E-state index contributed by atoms with van der Waals surface area (Å²) in [7, 11) is 0. The van der Waals surface area contributed by atoms with Gasteiger partial charge in [-0.2, -0.15) is 0 Å². The van der Waals surface area contributed by atoms with Gasteiger partial charge in [0.1, 0.15) is 12.4 Å². The second-order valence-electron chi connectivity index (χ2n) is 3.52. The van der Waals surface area contributed by atoms with E-state index in [0.717, 1.165) is 10.8 Å². The SMILES string of the molecule is O=Cc1cc(Br)ccc1OCC1CNC(=O)O1. The van der Waals surface area contributed by atoms with Crippen LogP contribution in [-0.2, 0) is 4.74 Å². The number of benzene rings is 1. The van der Waals surface area contributed by atoms with Crippen molar-refractivity contribution in [2.75, 3.05) is 13.2 Å². The molecule has 1 heterocycles. The summed E-state index contributed by atoms with van der Waals surface area (Å²) in [6, 6.07) is 5.14. The van der Waals surface area contributed by atoms with Crippen LogP contribution in [0.3, 0.4) is 0 Å². The van der Waals surface area contributed by atoms with Crippen LogP contribution in [0.1, 0.15) is 10.4 Å². The van der Waals surface area contributed by atoms with E-state index in [1.54, 1.807) is 18.2 Å². The first-order valence-electron chi connectivity index (χ1n) is 5.01. The van der Waals surface area contributed by atoms with Gasteiger partial charge >= 0.3 is 6.09 Å². The van der Waals surface area contributed by atoms with E-state index in [4.69, 9.17) is 9.47 Å². The van der Waals surface area contributed by atoms with Crippen molar-refractivity contribution in [3.05, 3.63) is 28.2 Å². The average molecular weight is 300 g/mol. The largest absolute Gasteiger partial charge is 0.489 e. The summed E-state index contributed by atoms with van der Waals surface area (Å²) in [5.41, 5.74) is 0.455. The molecule has 1 N–H and O–H groups in total. The second kappa shape index (κ2) is 5.18. The fourth-order valence-electron chi connectivity index (χ4n) is 1.45. The lowest BCUT2D eigenvalue weighted by Crippen LogP contribution is -2.22. The number of rotatable bonds is 4. The smallest absolute Gasteiger partial charge is 0.407 e. The first-order valence-corrected chi connectivity index (χ1v) is 5.80. The number of amides is 1. The molecule has 1 aliphatic rings. The topological polar surface area (TPSA) is 64.6 Å². The fraction of sp³-hybridized carbons (Fsp3) is 0.273. The van der Waals surface area contributed by atoms with Crippen molar-refractivity contribution >= 4 is 28.3 Å². The molecule has 1 aromatic carbocycles. The molecule has 1 amide bonds. The van der Waals surface area contributed by atoms with Crippen molar-refractivity contribution < 1.29 is 19.1 Å². The van der Waals surface area contributed by atoms with Gasteiger partial charge in [0.25, 0.3) is 0 Å². The summed E-state index contributed by atoms with van der Waals surface area (Å²) >= 11 is 3.27. The zero-order valence-electron chi connectivity index (χ0n) is 8.81. The third-order valence-electron chi connectivity index (χ3n) is 2.27. The molecule has 1 unspecified atom stereocenters. The maximum Gasteiger partial charge on any atom is 0.407 e. The van der Waals surface area contributed by atoms with Gasteiger partial charge in [-0.05, 0) is 18.2 Å². The summed E-state index contributed by atoms with van der Waals surface area (Å²) in [5.74, 6) is 0.478. The Kier molecular flexibility index (Phi) is 3.63. The maximum absolute atomic E-state index is 10.8. The van der Waals surface area contributed by atoms with Crippen LogP contribution in [0.4, 0.5) is 4.79 Å². The highest BCUT2D eigenvalue weighted by molar-refractivity contribution is 9.10. The second-order valence-corrected chi connectivity index (χ2v) is 4.43. The molecule has 90 valence electrons. The van der Waals surface area contributed by atoms with E-state index in [1.807, 2.05) is 0 Å². The van der Waals surface area contributed by atoms with Gasteiger partial charge in [-0.15, -0.1) is 0 Å². The van der Waals surface area contributed by atoms with Crippen molar-refractivity contribution in [3.8, 4) is 5.75 Å². The Balaban J connectivity index is 1.99. The summed E-state index contributed by atoms with van der Waals surface area (Å²) in [4.78, 5) is 21.6. The van der Waals surface area contributed by atoms with Crippen LogP contribution in [0, 0.1) is 0 Å². The number of carbonyl (C=O) groups excluding carboxylic acids is 2. The molecule has 0 radical (unpaired) electrons. The lowest BCUT2D eigenvalue weighted by atomic mass is 10.2. The Morgan fingerprint density at radius 1 is 1.59 bits per heavy atom. The summed E-state index contributed by atoms with van der Waals surface area (Å²) in [6.07, 6.45) is -0.0328. The normalized spacial score (nSPS) is 18.4. The summed E-state index contributed by atoms with van der Waals surface area (Å²) in [6.45, 7) is 0.646. The van der Waals surface area contributed by atoms with Crippen molar-refractivity contribution in [1.29, 1.82) is 0 Å². The summed E-state index contributed by atoms with van der Waals surface area (Å²) < 4.78 is 11.2. The molecule has 1 fully saturated rings. The van der Waals surface area contributed by atoms with Crippen LogP contribution in [0.2, 0.25) is 0 Å². The molecule has 2 rings (SSSR count). The molecule has 5 nitrogen and oxygen atoms in total. The number of ether oxygens (including phenoxy) is 2. The van der Waals surface area contributed by atoms with Crippen molar-refractivity contribution in [2.24, 2.45) is 0 Å². The van der Waals surface area contributed by atoms with E-state index >= 15 is 0 Å². The molecule has 0 spiro atoms. The fourth-order valence-corrected chi connectivity index (χ4v) is 1.83. The van der Waals surface area contributed by atoms with E-state index in [2.05, 4.69) is 21.2 Å². The predicted octanol–water partition coefficient (Wildman–Crippen LogP) is 1.75. The molecule has 0 saturated carbocycles. The zero-order valence-corrected chi connectivity index (χ0v) is 10.4. The molecule has 17 heavy (non-hydrogen) atoms. The maximum atomic E-state index is 10.8. The molecule has 6 heteroatoms. The highest BCUT2D eigenvalue weighted by Crippen LogP contribution is 2.22. The van der Waals surface area contributed by atoms with Gasteiger partial charge in [0, 0.05) is 4.47 Å². The van der Waals surface area contributed by atoms with Gasteiger partial charge < -0.3 is 14.8 Å². The standard InChI is InChI=1S/C11H10BrNO4/c12-8-1-2-10(7(3-8)5-14)16-6-9-4-13-11(15)17-9/h1-3,5,9H,4,6H2,(H,13,15). The third-order valence-corrected chi connectivity index (χ3v) is 2.76. The number of hydrogen-bond acceptors (Lipinski definition) is 4. The predicted molar refractivity (Wildman–Crippen MR) is 63.3 cm³/mol.